The van der Waals surface area contributed by atoms with Crippen LogP contribution in [0.15, 0.2) is 36.4 Å². The van der Waals surface area contributed by atoms with Crippen molar-refractivity contribution in [2.75, 3.05) is 0 Å². The van der Waals surface area contributed by atoms with Crippen LogP contribution in [-0.2, 0) is 12.8 Å². The Bertz CT molecular complexity index is 608. The second-order valence-electron chi connectivity index (χ2n) is 4.76. The predicted octanol–water partition coefficient (Wildman–Crippen LogP) is 5.42. The van der Waals surface area contributed by atoms with Gasteiger partial charge in [-0.05, 0) is 35.6 Å². The fraction of sp³-hybridized carbons (Fsp3) is 0.294. The van der Waals surface area contributed by atoms with Gasteiger partial charge in [0, 0.05) is 11.6 Å². The van der Waals surface area contributed by atoms with Crippen LogP contribution < -0.4 is 0 Å². The molecular formula is C17H17ClF2. The minimum absolute atomic E-state index is 0.305. The molecule has 0 bridgehead atoms. The number of hydrogen-bond donors (Lipinski definition) is 0. The standard InChI is InChI=1S/C17H17ClF2/c1-3-11-5-6-13(9-12(11)4-2)17(18)15-8-7-14(19)10-16(15)20/h5-10,17H,3-4H2,1-2H3. The first-order valence-corrected chi connectivity index (χ1v) is 7.21. The third kappa shape index (κ3) is 3.01. The molecule has 0 aliphatic rings. The van der Waals surface area contributed by atoms with Crippen molar-refractivity contribution >= 4 is 11.6 Å². The molecule has 2 rings (SSSR count). The van der Waals surface area contributed by atoms with E-state index in [1.807, 2.05) is 18.2 Å². The van der Waals surface area contributed by atoms with E-state index in [-0.39, 0.29) is 0 Å². The van der Waals surface area contributed by atoms with Gasteiger partial charge in [-0.15, -0.1) is 11.6 Å². The zero-order valence-corrected chi connectivity index (χ0v) is 12.3. The summed E-state index contributed by atoms with van der Waals surface area (Å²) in [7, 11) is 0. The van der Waals surface area contributed by atoms with E-state index in [1.165, 1.54) is 23.3 Å². The quantitative estimate of drug-likeness (QED) is 0.661. The first-order valence-electron chi connectivity index (χ1n) is 6.77. The van der Waals surface area contributed by atoms with E-state index in [2.05, 4.69) is 13.8 Å². The Labute approximate surface area is 123 Å². The maximum atomic E-state index is 13.8. The first kappa shape index (κ1) is 15.0. The summed E-state index contributed by atoms with van der Waals surface area (Å²) >= 11 is 6.35. The molecule has 0 spiro atoms. The normalized spacial score (nSPS) is 12.4. The van der Waals surface area contributed by atoms with E-state index in [0.29, 0.717) is 5.56 Å². The average Bonchev–Trinajstić information content (AvgIpc) is 2.45. The lowest BCUT2D eigenvalue weighted by molar-refractivity contribution is 0.573. The molecule has 0 fully saturated rings. The molecule has 3 heteroatoms. The van der Waals surface area contributed by atoms with Crippen LogP contribution in [0.4, 0.5) is 8.78 Å². The van der Waals surface area contributed by atoms with Crippen molar-refractivity contribution in [3.63, 3.8) is 0 Å². The summed E-state index contributed by atoms with van der Waals surface area (Å²) in [6, 6.07) is 9.46. The third-order valence-electron chi connectivity index (χ3n) is 3.52. The highest BCUT2D eigenvalue weighted by Gasteiger charge is 2.16. The van der Waals surface area contributed by atoms with Gasteiger partial charge < -0.3 is 0 Å². The Hall–Kier alpha value is -1.41. The number of alkyl halides is 1. The maximum absolute atomic E-state index is 13.8. The SMILES string of the molecule is CCc1ccc(C(Cl)c2ccc(F)cc2F)cc1CC. The van der Waals surface area contributed by atoms with Crippen LogP contribution in [0, 0.1) is 11.6 Å². The zero-order chi connectivity index (χ0) is 14.7. The molecule has 1 atom stereocenters. The molecule has 0 saturated heterocycles. The highest BCUT2D eigenvalue weighted by Crippen LogP contribution is 2.32. The maximum Gasteiger partial charge on any atom is 0.131 e. The van der Waals surface area contributed by atoms with E-state index < -0.39 is 17.0 Å². The van der Waals surface area contributed by atoms with E-state index in [1.54, 1.807) is 0 Å². The monoisotopic (exact) mass is 294 g/mol. The van der Waals surface area contributed by atoms with Crippen LogP contribution >= 0.6 is 11.6 Å². The molecule has 0 heterocycles. The van der Waals surface area contributed by atoms with Crippen molar-refractivity contribution in [2.45, 2.75) is 32.1 Å². The van der Waals surface area contributed by atoms with Gasteiger partial charge in [0.05, 0.1) is 5.38 Å². The summed E-state index contributed by atoms with van der Waals surface area (Å²) in [5, 5.41) is -0.605. The van der Waals surface area contributed by atoms with E-state index in [0.717, 1.165) is 24.5 Å². The van der Waals surface area contributed by atoms with Gasteiger partial charge in [-0.2, -0.15) is 0 Å². The van der Waals surface area contributed by atoms with E-state index in [4.69, 9.17) is 11.6 Å². The number of hydrogen-bond acceptors (Lipinski definition) is 0. The number of rotatable bonds is 4. The summed E-state index contributed by atoms with van der Waals surface area (Å²) in [6.07, 6.45) is 1.87. The summed E-state index contributed by atoms with van der Waals surface area (Å²) in [5.74, 6) is -1.20. The highest BCUT2D eigenvalue weighted by molar-refractivity contribution is 6.22. The fourth-order valence-electron chi connectivity index (χ4n) is 2.36. The van der Waals surface area contributed by atoms with Crippen LogP contribution in [0.2, 0.25) is 0 Å². The molecule has 2 aromatic rings. The van der Waals surface area contributed by atoms with Crippen LogP contribution in [0.5, 0.6) is 0 Å². The molecule has 0 nitrogen and oxygen atoms in total. The average molecular weight is 295 g/mol. The number of halogens is 3. The Morgan fingerprint density at radius 2 is 1.65 bits per heavy atom. The minimum atomic E-state index is -0.609. The second kappa shape index (κ2) is 6.36. The van der Waals surface area contributed by atoms with Gasteiger partial charge in [-0.3, -0.25) is 0 Å². The third-order valence-corrected chi connectivity index (χ3v) is 4.01. The Balaban J connectivity index is 2.40. The van der Waals surface area contributed by atoms with Gasteiger partial charge >= 0.3 is 0 Å². The lowest BCUT2D eigenvalue weighted by Gasteiger charge is -2.14. The van der Waals surface area contributed by atoms with Crippen LogP contribution in [0.25, 0.3) is 0 Å². The molecule has 0 aliphatic carbocycles. The minimum Gasteiger partial charge on any atom is -0.207 e. The Morgan fingerprint density at radius 3 is 2.25 bits per heavy atom. The van der Waals surface area contributed by atoms with Gasteiger partial charge in [0.25, 0.3) is 0 Å². The van der Waals surface area contributed by atoms with Crippen molar-refractivity contribution in [2.24, 2.45) is 0 Å². The lowest BCUT2D eigenvalue weighted by Crippen LogP contribution is -2.00. The van der Waals surface area contributed by atoms with Gasteiger partial charge in [-0.25, -0.2) is 8.78 Å². The van der Waals surface area contributed by atoms with Crippen molar-refractivity contribution in [3.8, 4) is 0 Å². The molecule has 0 aromatic heterocycles. The predicted molar refractivity (Wildman–Crippen MR) is 79.3 cm³/mol. The Morgan fingerprint density at radius 1 is 0.950 bits per heavy atom. The van der Waals surface area contributed by atoms with Crippen LogP contribution in [-0.4, -0.2) is 0 Å². The summed E-state index contributed by atoms with van der Waals surface area (Å²) < 4.78 is 26.7. The van der Waals surface area contributed by atoms with Gasteiger partial charge in [-0.1, -0.05) is 38.1 Å². The first-order chi connectivity index (χ1) is 9.56. The summed E-state index contributed by atoms with van der Waals surface area (Å²) in [6.45, 7) is 4.19. The molecule has 1 unspecified atom stereocenters. The van der Waals surface area contributed by atoms with E-state index in [9.17, 15) is 8.78 Å². The molecule has 2 aromatic carbocycles. The van der Waals surface area contributed by atoms with Gasteiger partial charge in [0.2, 0.25) is 0 Å². The molecular weight excluding hydrogens is 278 g/mol. The molecule has 0 radical (unpaired) electrons. The summed E-state index contributed by atoms with van der Waals surface area (Å²) in [4.78, 5) is 0. The largest absolute Gasteiger partial charge is 0.207 e. The smallest absolute Gasteiger partial charge is 0.131 e. The molecule has 0 amide bonds. The van der Waals surface area contributed by atoms with E-state index >= 15 is 0 Å². The van der Waals surface area contributed by atoms with Crippen molar-refractivity contribution in [1.29, 1.82) is 0 Å². The van der Waals surface area contributed by atoms with Crippen LogP contribution in [0.3, 0.4) is 0 Å². The lowest BCUT2D eigenvalue weighted by atomic mass is 9.96. The molecule has 106 valence electrons. The van der Waals surface area contributed by atoms with Crippen LogP contribution in [0.1, 0.15) is 41.5 Å². The van der Waals surface area contributed by atoms with Gasteiger partial charge in [0.15, 0.2) is 0 Å². The highest BCUT2D eigenvalue weighted by atomic mass is 35.5. The van der Waals surface area contributed by atoms with Crippen molar-refractivity contribution < 1.29 is 8.78 Å². The number of benzene rings is 2. The topological polar surface area (TPSA) is 0 Å². The van der Waals surface area contributed by atoms with Gasteiger partial charge in [0.1, 0.15) is 11.6 Å². The zero-order valence-electron chi connectivity index (χ0n) is 11.6. The molecule has 20 heavy (non-hydrogen) atoms. The van der Waals surface area contributed by atoms with Crippen molar-refractivity contribution in [3.05, 3.63) is 70.3 Å². The number of aryl methyl sites for hydroxylation is 2. The Kier molecular flexibility index (Phi) is 4.77. The summed E-state index contributed by atoms with van der Waals surface area (Å²) in [5.41, 5.74) is 3.64. The molecule has 0 aliphatic heterocycles. The second-order valence-corrected chi connectivity index (χ2v) is 5.20. The van der Waals surface area contributed by atoms with Crippen molar-refractivity contribution in [1.82, 2.24) is 0 Å². The molecule has 0 N–H and O–H groups in total. The fourth-order valence-corrected chi connectivity index (χ4v) is 2.68. The molecule has 0 saturated carbocycles.